The average Bonchev–Trinajstić information content (AvgIpc) is 3.42. The van der Waals surface area contributed by atoms with Gasteiger partial charge >= 0.3 is 0 Å². The molecule has 0 saturated heterocycles. The standard InChI is InChI=1S/C35H36N4O/c40-35(19-18-29-11-6-21-36-24-29)37-22-7-10-28-14-16-31(17-15-28)27-39(26-30-8-2-1-3-9-30)23-20-32-25-38-34-13-5-4-12-33(32)34/h1-6,8-9,11-19,21,24-25,38H,7,10,20,22-23,26-27H2,(H,37,40)/b19-18+. The predicted molar refractivity (Wildman–Crippen MR) is 164 cm³/mol. The number of fused-ring (bicyclic) bond motifs is 1. The Labute approximate surface area is 236 Å². The maximum atomic E-state index is 12.1. The van der Waals surface area contributed by atoms with E-state index in [4.69, 9.17) is 0 Å². The van der Waals surface area contributed by atoms with Crippen LogP contribution in [0, 0.1) is 0 Å². The van der Waals surface area contributed by atoms with Gasteiger partial charge < -0.3 is 10.3 Å². The van der Waals surface area contributed by atoms with E-state index < -0.39 is 0 Å². The van der Waals surface area contributed by atoms with Crippen molar-refractivity contribution >= 4 is 22.9 Å². The molecule has 40 heavy (non-hydrogen) atoms. The molecular weight excluding hydrogens is 492 g/mol. The molecule has 0 aliphatic heterocycles. The van der Waals surface area contributed by atoms with Crippen LogP contribution in [0.4, 0.5) is 0 Å². The summed E-state index contributed by atoms with van der Waals surface area (Å²) >= 11 is 0. The number of carbonyl (C=O) groups is 1. The number of H-pyrrole nitrogens is 1. The molecule has 0 spiro atoms. The predicted octanol–water partition coefficient (Wildman–Crippen LogP) is 6.57. The van der Waals surface area contributed by atoms with E-state index >= 15 is 0 Å². The first-order valence-electron chi connectivity index (χ1n) is 14.0. The van der Waals surface area contributed by atoms with Gasteiger partial charge in [-0.15, -0.1) is 0 Å². The van der Waals surface area contributed by atoms with Gasteiger partial charge in [-0.3, -0.25) is 14.7 Å². The minimum Gasteiger partial charge on any atom is -0.361 e. The third kappa shape index (κ3) is 8.01. The lowest BCUT2D eigenvalue weighted by Crippen LogP contribution is -2.25. The van der Waals surface area contributed by atoms with Crippen LogP contribution < -0.4 is 5.32 Å². The molecule has 2 aromatic heterocycles. The Morgan fingerprint density at radius 2 is 1.57 bits per heavy atom. The van der Waals surface area contributed by atoms with Crippen molar-refractivity contribution in [2.45, 2.75) is 32.4 Å². The number of carbonyl (C=O) groups excluding carboxylic acids is 1. The van der Waals surface area contributed by atoms with Crippen LogP contribution in [-0.4, -0.2) is 33.9 Å². The van der Waals surface area contributed by atoms with Gasteiger partial charge in [0.05, 0.1) is 0 Å². The quantitative estimate of drug-likeness (QED) is 0.134. The smallest absolute Gasteiger partial charge is 0.244 e. The van der Waals surface area contributed by atoms with E-state index in [0.717, 1.165) is 44.5 Å². The Kier molecular flexibility index (Phi) is 9.53. The van der Waals surface area contributed by atoms with Crippen LogP contribution in [0.3, 0.4) is 0 Å². The molecule has 0 atom stereocenters. The third-order valence-corrected chi connectivity index (χ3v) is 7.10. The van der Waals surface area contributed by atoms with Gasteiger partial charge in [0.1, 0.15) is 0 Å². The molecule has 5 heteroatoms. The average molecular weight is 529 g/mol. The maximum Gasteiger partial charge on any atom is 0.244 e. The second-order valence-corrected chi connectivity index (χ2v) is 10.1. The summed E-state index contributed by atoms with van der Waals surface area (Å²) < 4.78 is 0. The fourth-order valence-electron chi connectivity index (χ4n) is 4.95. The highest BCUT2D eigenvalue weighted by atomic mass is 16.1. The number of aryl methyl sites for hydroxylation is 1. The van der Waals surface area contributed by atoms with Gasteiger partial charge in [0.15, 0.2) is 0 Å². The number of nitrogens with one attached hydrogen (secondary N) is 2. The number of para-hydroxylation sites is 1. The van der Waals surface area contributed by atoms with Crippen molar-refractivity contribution in [3.8, 4) is 0 Å². The van der Waals surface area contributed by atoms with E-state index in [-0.39, 0.29) is 5.91 Å². The zero-order valence-corrected chi connectivity index (χ0v) is 22.8. The number of aromatic amines is 1. The summed E-state index contributed by atoms with van der Waals surface area (Å²) in [5.41, 5.74) is 7.41. The highest BCUT2D eigenvalue weighted by Gasteiger charge is 2.10. The molecule has 0 unspecified atom stereocenters. The SMILES string of the molecule is O=C(/C=C/c1cccnc1)NCCCc1ccc(CN(CCc2c[nH]c3ccccc23)Cc2ccccc2)cc1. The molecular formula is C35H36N4O. The number of rotatable bonds is 13. The summed E-state index contributed by atoms with van der Waals surface area (Å²) in [4.78, 5) is 22.1. The van der Waals surface area contributed by atoms with Crippen molar-refractivity contribution in [1.82, 2.24) is 20.2 Å². The lowest BCUT2D eigenvalue weighted by atomic mass is 10.1. The van der Waals surface area contributed by atoms with Gasteiger partial charge in [-0.2, -0.15) is 0 Å². The van der Waals surface area contributed by atoms with Crippen LogP contribution >= 0.6 is 0 Å². The molecule has 5 rings (SSSR count). The first-order chi connectivity index (χ1) is 19.7. The third-order valence-electron chi connectivity index (χ3n) is 7.10. The Morgan fingerprint density at radius 1 is 0.825 bits per heavy atom. The van der Waals surface area contributed by atoms with Crippen molar-refractivity contribution in [1.29, 1.82) is 0 Å². The number of nitrogens with zero attached hydrogens (tertiary/aromatic N) is 2. The second kappa shape index (κ2) is 14.1. The monoisotopic (exact) mass is 528 g/mol. The Balaban J connectivity index is 1.12. The number of hydrogen-bond acceptors (Lipinski definition) is 3. The number of aromatic nitrogens is 2. The van der Waals surface area contributed by atoms with Crippen molar-refractivity contribution in [2.75, 3.05) is 13.1 Å². The summed E-state index contributed by atoms with van der Waals surface area (Å²) in [5.74, 6) is -0.0784. The zero-order chi connectivity index (χ0) is 27.4. The van der Waals surface area contributed by atoms with E-state index in [0.29, 0.717) is 6.54 Å². The van der Waals surface area contributed by atoms with Gasteiger partial charge in [0.25, 0.3) is 0 Å². The van der Waals surface area contributed by atoms with Crippen molar-refractivity contribution in [2.24, 2.45) is 0 Å². The van der Waals surface area contributed by atoms with Gasteiger partial charge in [-0.1, -0.05) is 78.9 Å². The molecule has 0 aliphatic carbocycles. The summed E-state index contributed by atoms with van der Waals surface area (Å²) in [5, 5.41) is 4.28. The summed E-state index contributed by atoms with van der Waals surface area (Å²) in [7, 11) is 0. The molecule has 0 bridgehead atoms. The number of pyridine rings is 1. The van der Waals surface area contributed by atoms with E-state index in [1.54, 1.807) is 24.5 Å². The molecule has 0 saturated carbocycles. The molecule has 202 valence electrons. The number of amides is 1. The minimum atomic E-state index is -0.0784. The van der Waals surface area contributed by atoms with E-state index in [9.17, 15) is 4.79 Å². The summed E-state index contributed by atoms with van der Waals surface area (Å²) in [6, 6.07) is 31.9. The van der Waals surface area contributed by atoms with Crippen molar-refractivity contribution < 1.29 is 4.79 Å². The fourth-order valence-corrected chi connectivity index (χ4v) is 4.95. The Morgan fingerprint density at radius 3 is 2.38 bits per heavy atom. The first-order valence-corrected chi connectivity index (χ1v) is 14.0. The fraction of sp³-hybridized carbons (Fsp3) is 0.200. The maximum absolute atomic E-state index is 12.1. The van der Waals surface area contributed by atoms with Crippen molar-refractivity contribution in [3.63, 3.8) is 0 Å². The van der Waals surface area contributed by atoms with E-state index in [1.165, 1.54) is 33.2 Å². The van der Waals surface area contributed by atoms with Crippen LogP contribution in [-0.2, 0) is 30.7 Å². The van der Waals surface area contributed by atoms with Gasteiger partial charge in [-0.25, -0.2) is 0 Å². The summed E-state index contributed by atoms with van der Waals surface area (Å²) in [6.45, 7) is 3.45. The summed E-state index contributed by atoms with van der Waals surface area (Å²) in [6.07, 6.45) is 11.8. The Bertz CT molecular complexity index is 1510. The highest BCUT2D eigenvalue weighted by molar-refractivity contribution is 5.91. The highest BCUT2D eigenvalue weighted by Crippen LogP contribution is 2.20. The number of hydrogen-bond donors (Lipinski definition) is 2. The van der Waals surface area contributed by atoms with E-state index in [1.807, 2.05) is 12.1 Å². The molecule has 2 N–H and O–H groups in total. The van der Waals surface area contributed by atoms with Crippen LogP contribution in [0.2, 0.25) is 0 Å². The molecule has 5 aromatic rings. The van der Waals surface area contributed by atoms with Crippen LogP contribution in [0.15, 0.2) is 116 Å². The molecule has 1 amide bonds. The topological polar surface area (TPSA) is 61.0 Å². The zero-order valence-electron chi connectivity index (χ0n) is 22.8. The first kappa shape index (κ1) is 27.1. The van der Waals surface area contributed by atoms with E-state index in [2.05, 4.69) is 105 Å². The molecule has 2 heterocycles. The van der Waals surface area contributed by atoms with Crippen LogP contribution in [0.1, 0.15) is 34.2 Å². The largest absolute Gasteiger partial charge is 0.361 e. The van der Waals surface area contributed by atoms with Gasteiger partial charge in [-0.05, 0) is 65.3 Å². The van der Waals surface area contributed by atoms with Crippen LogP contribution in [0.5, 0.6) is 0 Å². The molecule has 0 fully saturated rings. The second-order valence-electron chi connectivity index (χ2n) is 10.1. The Hall–Kier alpha value is -4.48. The number of benzene rings is 3. The van der Waals surface area contributed by atoms with Gasteiger partial charge in [0.2, 0.25) is 5.91 Å². The molecule has 0 radical (unpaired) electrons. The minimum absolute atomic E-state index is 0.0784. The lowest BCUT2D eigenvalue weighted by molar-refractivity contribution is -0.116. The normalized spacial score (nSPS) is 11.4. The van der Waals surface area contributed by atoms with Crippen molar-refractivity contribution in [3.05, 3.63) is 143 Å². The van der Waals surface area contributed by atoms with Gasteiger partial charge in [0, 0.05) is 61.7 Å². The molecule has 5 nitrogen and oxygen atoms in total. The molecule has 0 aliphatic rings. The van der Waals surface area contributed by atoms with Crippen LogP contribution in [0.25, 0.3) is 17.0 Å². The lowest BCUT2D eigenvalue weighted by Gasteiger charge is -2.23. The molecule has 3 aromatic carbocycles.